The lowest BCUT2D eigenvalue weighted by molar-refractivity contribution is 0.650. The molecule has 0 unspecified atom stereocenters. The molecule has 0 aromatic heterocycles. The summed E-state index contributed by atoms with van der Waals surface area (Å²) >= 11 is 5.95. The summed E-state index contributed by atoms with van der Waals surface area (Å²) in [6.07, 6.45) is -1.56. The van der Waals surface area contributed by atoms with Crippen molar-refractivity contribution in [3.63, 3.8) is 0 Å². The standard InChI is InChI=1S/C11H26NPS/c1-9(2)12-13(14,10(3,4)5)11(6,7)8/h9H,1-8H3,(H,12,14). The van der Waals surface area contributed by atoms with Gasteiger partial charge in [-0.15, -0.1) is 0 Å². The van der Waals surface area contributed by atoms with Crippen molar-refractivity contribution in [1.29, 1.82) is 0 Å². The number of rotatable bonds is 2. The van der Waals surface area contributed by atoms with Gasteiger partial charge in [0.2, 0.25) is 0 Å². The molecule has 86 valence electrons. The van der Waals surface area contributed by atoms with Gasteiger partial charge in [0.05, 0.1) is 0 Å². The zero-order valence-electron chi connectivity index (χ0n) is 10.9. The highest BCUT2D eigenvalue weighted by atomic mass is 32.4. The maximum Gasteiger partial charge on any atom is 0.0229 e. The van der Waals surface area contributed by atoms with Gasteiger partial charge in [0.15, 0.2) is 0 Å². The molecular weight excluding hydrogens is 209 g/mol. The fraction of sp³-hybridized carbons (Fsp3) is 1.00. The van der Waals surface area contributed by atoms with Crippen LogP contribution in [-0.2, 0) is 11.8 Å². The molecule has 0 aliphatic heterocycles. The molecule has 0 aliphatic carbocycles. The first-order valence-electron chi connectivity index (χ1n) is 5.30. The lowest BCUT2D eigenvalue weighted by Crippen LogP contribution is -2.39. The average molecular weight is 235 g/mol. The van der Waals surface area contributed by atoms with Gasteiger partial charge in [0, 0.05) is 22.5 Å². The van der Waals surface area contributed by atoms with Crippen molar-refractivity contribution in [2.75, 3.05) is 0 Å². The molecule has 0 heterocycles. The van der Waals surface area contributed by atoms with E-state index in [2.05, 4.69) is 60.5 Å². The van der Waals surface area contributed by atoms with Gasteiger partial charge in [0.25, 0.3) is 0 Å². The maximum atomic E-state index is 5.95. The lowest BCUT2D eigenvalue weighted by atomic mass is 10.2. The molecule has 0 fully saturated rings. The molecule has 0 rings (SSSR count). The first-order valence-corrected chi connectivity index (χ1v) is 8.10. The second kappa shape index (κ2) is 4.23. The molecule has 0 saturated carbocycles. The second-order valence-electron chi connectivity index (χ2n) is 6.23. The molecular formula is C11H26NPS. The highest BCUT2D eigenvalue weighted by molar-refractivity contribution is 8.15. The van der Waals surface area contributed by atoms with Crippen molar-refractivity contribution < 1.29 is 0 Å². The van der Waals surface area contributed by atoms with Gasteiger partial charge >= 0.3 is 0 Å². The quantitative estimate of drug-likeness (QED) is 0.727. The van der Waals surface area contributed by atoms with E-state index in [9.17, 15) is 0 Å². The van der Waals surface area contributed by atoms with Crippen LogP contribution in [0.2, 0.25) is 0 Å². The van der Waals surface area contributed by atoms with Crippen LogP contribution in [0.5, 0.6) is 0 Å². The number of hydrogen-bond acceptors (Lipinski definition) is 1. The van der Waals surface area contributed by atoms with Crippen LogP contribution in [-0.4, -0.2) is 16.4 Å². The Bertz CT molecular complexity index is 215. The molecule has 0 aromatic rings. The summed E-state index contributed by atoms with van der Waals surface area (Å²) in [5.41, 5.74) is 0. The van der Waals surface area contributed by atoms with Crippen molar-refractivity contribution >= 4 is 18.0 Å². The zero-order valence-corrected chi connectivity index (χ0v) is 12.6. The Hall–Kier alpha value is 0.610. The van der Waals surface area contributed by atoms with Crippen molar-refractivity contribution in [2.24, 2.45) is 0 Å². The van der Waals surface area contributed by atoms with E-state index in [0.29, 0.717) is 6.04 Å². The van der Waals surface area contributed by atoms with Gasteiger partial charge < -0.3 is 0 Å². The van der Waals surface area contributed by atoms with Gasteiger partial charge in [-0.3, -0.25) is 5.09 Å². The lowest BCUT2D eigenvalue weighted by Gasteiger charge is -2.46. The molecule has 1 N–H and O–H groups in total. The number of nitrogens with one attached hydrogen (secondary N) is 1. The molecule has 14 heavy (non-hydrogen) atoms. The van der Waals surface area contributed by atoms with E-state index >= 15 is 0 Å². The van der Waals surface area contributed by atoms with Crippen molar-refractivity contribution in [3.05, 3.63) is 0 Å². The Labute approximate surface area is 95.1 Å². The molecule has 0 radical (unpaired) electrons. The summed E-state index contributed by atoms with van der Waals surface area (Å²) in [5.74, 6) is 0. The van der Waals surface area contributed by atoms with Crippen LogP contribution in [0.15, 0.2) is 0 Å². The van der Waals surface area contributed by atoms with E-state index < -0.39 is 6.19 Å². The average Bonchev–Trinajstić information content (AvgIpc) is 1.79. The van der Waals surface area contributed by atoms with Crippen LogP contribution < -0.4 is 5.09 Å². The van der Waals surface area contributed by atoms with Crippen LogP contribution in [0, 0.1) is 0 Å². The molecule has 3 heteroatoms. The predicted molar refractivity (Wildman–Crippen MR) is 72.1 cm³/mol. The highest BCUT2D eigenvalue weighted by Crippen LogP contribution is 2.64. The smallest absolute Gasteiger partial charge is 0.0229 e. The molecule has 0 aromatic carbocycles. The van der Waals surface area contributed by atoms with Gasteiger partial charge in [0.1, 0.15) is 0 Å². The third kappa shape index (κ3) is 3.05. The van der Waals surface area contributed by atoms with Gasteiger partial charge in [-0.05, 0) is 13.8 Å². The predicted octanol–water partition coefficient (Wildman–Crippen LogP) is 3.98. The van der Waals surface area contributed by atoms with E-state index in [4.69, 9.17) is 11.8 Å². The third-order valence-electron chi connectivity index (χ3n) is 2.33. The molecule has 0 aliphatic rings. The van der Waals surface area contributed by atoms with Crippen LogP contribution in [0.1, 0.15) is 55.4 Å². The molecule has 0 atom stereocenters. The Morgan fingerprint density at radius 1 is 0.929 bits per heavy atom. The van der Waals surface area contributed by atoms with Gasteiger partial charge in [-0.1, -0.05) is 53.3 Å². The fourth-order valence-corrected chi connectivity index (χ4v) is 5.90. The van der Waals surface area contributed by atoms with E-state index in [1.165, 1.54) is 0 Å². The van der Waals surface area contributed by atoms with E-state index in [1.54, 1.807) is 0 Å². The molecule has 0 spiro atoms. The SMILES string of the molecule is CC(C)NP(=S)(C(C)(C)C)C(C)(C)C. The van der Waals surface area contributed by atoms with Crippen molar-refractivity contribution in [2.45, 2.75) is 71.7 Å². The minimum atomic E-state index is -1.56. The van der Waals surface area contributed by atoms with E-state index in [0.717, 1.165) is 0 Å². The third-order valence-corrected chi connectivity index (χ3v) is 10.6. The van der Waals surface area contributed by atoms with Crippen molar-refractivity contribution in [3.8, 4) is 0 Å². The topological polar surface area (TPSA) is 12.0 Å². The first kappa shape index (κ1) is 14.6. The monoisotopic (exact) mass is 235 g/mol. The maximum absolute atomic E-state index is 5.95. The Balaban J connectivity index is 5.20. The van der Waals surface area contributed by atoms with Crippen molar-refractivity contribution in [1.82, 2.24) is 5.09 Å². The first-order chi connectivity index (χ1) is 5.92. The molecule has 0 bridgehead atoms. The minimum absolute atomic E-state index is 0.185. The van der Waals surface area contributed by atoms with E-state index in [1.807, 2.05) is 0 Å². The second-order valence-corrected chi connectivity index (χ2v) is 12.0. The summed E-state index contributed by atoms with van der Waals surface area (Å²) < 4.78 is 0. The largest absolute Gasteiger partial charge is 0.285 e. The van der Waals surface area contributed by atoms with E-state index in [-0.39, 0.29) is 10.3 Å². The normalized spacial score (nSPS) is 14.9. The zero-order chi connectivity index (χ0) is 11.8. The van der Waals surface area contributed by atoms with Crippen LogP contribution >= 0.6 is 6.19 Å². The van der Waals surface area contributed by atoms with Crippen LogP contribution in [0.3, 0.4) is 0 Å². The number of hydrogen-bond donors (Lipinski definition) is 1. The Kier molecular flexibility index (Phi) is 4.42. The minimum Gasteiger partial charge on any atom is -0.285 e. The summed E-state index contributed by atoms with van der Waals surface area (Å²) in [6, 6.07) is 0.472. The van der Waals surface area contributed by atoms with Gasteiger partial charge in [-0.25, -0.2) is 0 Å². The van der Waals surface area contributed by atoms with Crippen LogP contribution in [0.25, 0.3) is 0 Å². The van der Waals surface area contributed by atoms with Gasteiger partial charge in [-0.2, -0.15) is 0 Å². The fourth-order valence-electron chi connectivity index (χ4n) is 1.76. The molecule has 1 nitrogen and oxygen atoms in total. The molecule has 0 amide bonds. The molecule has 0 saturated heterocycles. The summed E-state index contributed by atoms with van der Waals surface area (Å²) in [5, 5.41) is 4.03. The Morgan fingerprint density at radius 3 is 1.29 bits per heavy atom. The Morgan fingerprint density at radius 2 is 1.21 bits per heavy atom. The summed E-state index contributed by atoms with van der Waals surface area (Å²) in [4.78, 5) is 0. The van der Waals surface area contributed by atoms with Crippen LogP contribution in [0.4, 0.5) is 0 Å². The summed E-state index contributed by atoms with van der Waals surface area (Å²) in [7, 11) is 0. The summed E-state index contributed by atoms with van der Waals surface area (Å²) in [6.45, 7) is 17.9. The highest BCUT2D eigenvalue weighted by Gasteiger charge is 2.41.